The summed E-state index contributed by atoms with van der Waals surface area (Å²) in [5.74, 6) is 1.55. The van der Waals surface area contributed by atoms with Crippen LogP contribution in [0.4, 0.5) is 0 Å². The number of fused-ring (bicyclic) bond motifs is 1. The van der Waals surface area contributed by atoms with E-state index in [4.69, 9.17) is 16.3 Å². The van der Waals surface area contributed by atoms with Crippen molar-refractivity contribution in [1.82, 2.24) is 0 Å². The Balaban J connectivity index is 1.89. The molecule has 3 rings (SSSR count). The van der Waals surface area contributed by atoms with Crippen LogP contribution in [0.5, 0.6) is 5.75 Å². The lowest BCUT2D eigenvalue weighted by Gasteiger charge is -2.45. The Bertz CT molecular complexity index is 474. The molecule has 2 unspecified atom stereocenters. The van der Waals surface area contributed by atoms with E-state index < -0.39 is 6.10 Å². The van der Waals surface area contributed by atoms with Gasteiger partial charge in [-0.05, 0) is 43.4 Å². The third-order valence-electron chi connectivity index (χ3n) is 4.71. The van der Waals surface area contributed by atoms with E-state index >= 15 is 0 Å². The molecule has 1 spiro atoms. The van der Waals surface area contributed by atoms with Crippen molar-refractivity contribution in [3.8, 4) is 5.75 Å². The minimum atomic E-state index is -0.446. The van der Waals surface area contributed by atoms with E-state index in [1.807, 2.05) is 18.2 Å². The van der Waals surface area contributed by atoms with E-state index in [-0.39, 0.29) is 5.60 Å². The van der Waals surface area contributed by atoms with Gasteiger partial charge in [-0.3, -0.25) is 0 Å². The van der Waals surface area contributed by atoms with Gasteiger partial charge in [-0.1, -0.05) is 31.4 Å². The summed E-state index contributed by atoms with van der Waals surface area (Å²) in [4.78, 5) is 0. The molecule has 0 saturated heterocycles. The molecule has 3 atom stereocenters. The quantitative estimate of drug-likeness (QED) is 0.821. The van der Waals surface area contributed by atoms with E-state index in [1.165, 1.54) is 19.3 Å². The summed E-state index contributed by atoms with van der Waals surface area (Å²) in [5, 5.41) is 11.1. The molecule has 1 aromatic carbocycles. The first-order valence-corrected chi connectivity index (χ1v) is 7.66. The molecule has 1 fully saturated rings. The molecule has 0 bridgehead atoms. The molecule has 0 radical (unpaired) electrons. The van der Waals surface area contributed by atoms with Crippen molar-refractivity contribution in [1.29, 1.82) is 0 Å². The van der Waals surface area contributed by atoms with E-state index in [1.54, 1.807) is 0 Å². The Labute approximate surface area is 119 Å². The summed E-state index contributed by atoms with van der Waals surface area (Å²) in [6, 6.07) is 5.57. The maximum absolute atomic E-state index is 10.4. The van der Waals surface area contributed by atoms with Gasteiger partial charge in [0.1, 0.15) is 11.4 Å². The summed E-state index contributed by atoms with van der Waals surface area (Å²) < 4.78 is 6.30. The molecule has 0 aromatic heterocycles. The molecule has 1 heterocycles. The van der Waals surface area contributed by atoms with Crippen molar-refractivity contribution in [3.63, 3.8) is 0 Å². The van der Waals surface area contributed by atoms with Crippen LogP contribution in [0.3, 0.4) is 0 Å². The minimum Gasteiger partial charge on any atom is -0.487 e. The van der Waals surface area contributed by atoms with Crippen LogP contribution in [0.15, 0.2) is 18.2 Å². The zero-order valence-corrected chi connectivity index (χ0v) is 12.1. The SMILES string of the molecule is CCC1CCCC2(C1)C[C@H](O)c1cc(Cl)ccc1O2. The Morgan fingerprint density at radius 2 is 2.26 bits per heavy atom. The fourth-order valence-corrected chi connectivity index (χ4v) is 3.86. The average molecular weight is 281 g/mol. The molecule has 1 saturated carbocycles. The van der Waals surface area contributed by atoms with Gasteiger partial charge in [-0.25, -0.2) is 0 Å². The largest absolute Gasteiger partial charge is 0.487 e. The van der Waals surface area contributed by atoms with E-state index in [0.717, 1.165) is 30.1 Å². The average Bonchev–Trinajstić information content (AvgIpc) is 2.40. The highest BCUT2D eigenvalue weighted by molar-refractivity contribution is 6.30. The lowest BCUT2D eigenvalue weighted by Crippen LogP contribution is -2.45. The second-order valence-electron chi connectivity index (χ2n) is 6.06. The van der Waals surface area contributed by atoms with Crippen molar-refractivity contribution in [2.24, 2.45) is 5.92 Å². The van der Waals surface area contributed by atoms with Gasteiger partial charge in [0.15, 0.2) is 0 Å². The molecule has 0 amide bonds. The van der Waals surface area contributed by atoms with Gasteiger partial charge < -0.3 is 9.84 Å². The highest BCUT2D eigenvalue weighted by atomic mass is 35.5. The van der Waals surface area contributed by atoms with Crippen LogP contribution in [0.25, 0.3) is 0 Å². The summed E-state index contributed by atoms with van der Waals surface area (Å²) in [6.07, 6.45) is 6.09. The Hall–Kier alpha value is -0.730. The number of halogens is 1. The molecule has 19 heavy (non-hydrogen) atoms. The number of hydrogen-bond donors (Lipinski definition) is 1. The first kappa shape index (κ1) is 13.3. The highest BCUT2D eigenvalue weighted by Gasteiger charge is 2.43. The number of aliphatic hydroxyl groups is 1. The first-order valence-electron chi connectivity index (χ1n) is 7.28. The summed E-state index contributed by atoms with van der Waals surface area (Å²) >= 11 is 6.00. The smallest absolute Gasteiger partial charge is 0.126 e. The topological polar surface area (TPSA) is 29.5 Å². The molecule has 3 heteroatoms. The fourth-order valence-electron chi connectivity index (χ4n) is 3.68. The second kappa shape index (κ2) is 4.99. The van der Waals surface area contributed by atoms with Crippen LogP contribution in [-0.4, -0.2) is 10.7 Å². The minimum absolute atomic E-state index is 0.154. The van der Waals surface area contributed by atoms with Crippen LogP contribution in [0, 0.1) is 5.92 Å². The van der Waals surface area contributed by atoms with Gasteiger partial charge in [0.2, 0.25) is 0 Å². The number of aliphatic hydroxyl groups excluding tert-OH is 1. The molecular weight excluding hydrogens is 260 g/mol. The van der Waals surface area contributed by atoms with Gasteiger partial charge in [0.05, 0.1) is 6.10 Å². The van der Waals surface area contributed by atoms with E-state index in [0.29, 0.717) is 11.4 Å². The molecule has 1 aliphatic heterocycles. The summed E-state index contributed by atoms with van der Waals surface area (Å²) in [7, 11) is 0. The number of rotatable bonds is 1. The van der Waals surface area contributed by atoms with Gasteiger partial charge in [0.25, 0.3) is 0 Å². The Morgan fingerprint density at radius 1 is 1.42 bits per heavy atom. The Morgan fingerprint density at radius 3 is 3.05 bits per heavy atom. The van der Waals surface area contributed by atoms with Crippen LogP contribution in [0.1, 0.15) is 57.1 Å². The van der Waals surface area contributed by atoms with Gasteiger partial charge >= 0.3 is 0 Å². The summed E-state index contributed by atoms with van der Waals surface area (Å²) in [6.45, 7) is 2.25. The Kier molecular flexibility index (Phi) is 3.48. The summed E-state index contributed by atoms with van der Waals surface area (Å²) in [5.41, 5.74) is 0.691. The molecule has 2 aliphatic rings. The van der Waals surface area contributed by atoms with Crippen molar-refractivity contribution in [3.05, 3.63) is 28.8 Å². The first-order chi connectivity index (χ1) is 9.12. The number of hydrogen-bond acceptors (Lipinski definition) is 2. The number of ether oxygens (including phenoxy) is 1. The van der Waals surface area contributed by atoms with Crippen molar-refractivity contribution in [2.75, 3.05) is 0 Å². The van der Waals surface area contributed by atoms with Crippen molar-refractivity contribution >= 4 is 11.6 Å². The lowest BCUT2D eigenvalue weighted by atomic mass is 9.72. The van der Waals surface area contributed by atoms with E-state index in [9.17, 15) is 5.11 Å². The van der Waals surface area contributed by atoms with E-state index in [2.05, 4.69) is 6.92 Å². The number of benzene rings is 1. The second-order valence-corrected chi connectivity index (χ2v) is 6.49. The molecule has 1 aliphatic carbocycles. The van der Waals surface area contributed by atoms with Crippen molar-refractivity contribution in [2.45, 2.75) is 57.2 Å². The van der Waals surface area contributed by atoms with Crippen molar-refractivity contribution < 1.29 is 9.84 Å². The zero-order chi connectivity index (χ0) is 13.5. The molecule has 104 valence electrons. The third kappa shape index (κ3) is 2.48. The van der Waals surface area contributed by atoms with Gasteiger partial charge in [-0.15, -0.1) is 0 Å². The van der Waals surface area contributed by atoms with Crippen LogP contribution >= 0.6 is 11.6 Å². The predicted octanol–water partition coefficient (Wildman–Crippen LogP) is 4.49. The van der Waals surface area contributed by atoms with Crippen LogP contribution in [0.2, 0.25) is 5.02 Å². The fraction of sp³-hybridized carbons (Fsp3) is 0.625. The van der Waals surface area contributed by atoms with Gasteiger partial charge in [-0.2, -0.15) is 0 Å². The third-order valence-corrected chi connectivity index (χ3v) is 4.94. The van der Waals surface area contributed by atoms with Gasteiger partial charge in [0, 0.05) is 17.0 Å². The standard InChI is InChI=1S/C16H21ClO2/c1-2-11-4-3-7-16(9-11)10-14(18)13-8-12(17)5-6-15(13)19-16/h5-6,8,11,14,18H,2-4,7,9-10H2,1H3/t11?,14-,16?/m0/s1. The maximum atomic E-state index is 10.4. The lowest BCUT2D eigenvalue weighted by molar-refractivity contribution is -0.0521. The normalized spacial score (nSPS) is 33.8. The molecule has 1 aromatic rings. The van der Waals surface area contributed by atoms with Crippen LogP contribution in [-0.2, 0) is 0 Å². The monoisotopic (exact) mass is 280 g/mol. The van der Waals surface area contributed by atoms with Crippen LogP contribution < -0.4 is 4.74 Å². The highest BCUT2D eigenvalue weighted by Crippen LogP contribution is 2.48. The maximum Gasteiger partial charge on any atom is 0.126 e. The molecule has 2 nitrogen and oxygen atoms in total. The molecular formula is C16H21ClO2. The molecule has 1 N–H and O–H groups in total. The zero-order valence-electron chi connectivity index (χ0n) is 11.4. The predicted molar refractivity (Wildman–Crippen MR) is 76.6 cm³/mol.